The Morgan fingerprint density at radius 2 is 1.84 bits per heavy atom. The molecule has 0 spiro atoms. The fraction of sp³-hybridized carbons (Fsp3) is 0. The molecule has 2 aromatic rings. The van der Waals surface area contributed by atoms with Gasteiger partial charge in [-0.05, 0) is 11.6 Å². The van der Waals surface area contributed by atoms with E-state index in [1.807, 2.05) is 36.4 Å². The van der Waals surface area contributed by atoms with Gasteiger partial charge in [0.2, 0.25) is 0 Å². The zero-order valence-electron chi connectivity index (χ0n) is 10.1. The molecule has 0 saturated heterocycles. The Morgan fingerprint density at radius 1 is 1.05 bits per heavy atom. The first kappa shape index (κ1) is 11.3. The first-order valence-electron chi connectivity index (χ1n) is 5.86. The molecule has 0 aliphatic carbocycles. The van der Waals surface area contributed by atoms with E-state index >= 15 is 0 Å². The van der Waals surface area contributed by atoms with Gasteiger partial charge in [0.1, 0.15) is 12.6 Å². The number of rotatable bonds is 3. The maximum atomic E-state index is 10.7. The first-order valence-corrected chi connectivity index (χ1v) is 5.86. The van der Waals surface area contributed by atoms with Gasteiger partial charge in [0.05, 0.1) is 5.69 Å². The van der Waals surface area contributed by atoms with E-state index in [0.29, 0.717) is 5.56 Å². The Hall–Kier alpha value is -2.82. The van der Waals surface area contributed by atoms with Crippen LogP contribution in [-0.4, -0.2) is 12.6 Å². The standard InChI is InChI=1S/C14H12N4O/c19-9-11-5-7-12(8-6-11)13-3-1-2-4-14(13)18-16-10-15-17-18/h1-10,17H,(H,15,16). The molecular weight excluding hydrogens is 240 g/mol. The van der Waals surface area contributed by atoms with E-state index in [4.69, 9.17) is 0 Å². The molecule has 3 rings (SSSR count). The van der Waals surface area contributed by atoms with E-state index in [1.54, 1.807) is 23.6 Å². The van der Waals surface area contributed by atoms with Crippen molar-refractivity contribution in [1.82, 2.24) is 11.0 Å². The molecule has 1 aliphatic heterocycles. The molecule has 19 heavy (non-hydrogen) atoms. The van der Waals surface area contributed by atoms with E-state index in [0.717, 1.165) is 23.1 Å². The SMILES string of the molecule is O=Cc1ccc(-c2ccccc2N2NC=NN2)cc1. The van der Waals surface area contributed by atoms with Gasteiger partial charge >= 0.3 is 0 Å². The van der Waals surface area contributed by atoms with Gasteiger partial charge in [-0.15, -0.1) is 5.10 Å². The second-order valence-corrected chi connectivity index (χ2v) is 4.08. The van der Waals surface area contributed by atoms with Crippen LogP contribution in [0.5, 0.6) is 0 Å². The van der Waals surface area contributed by atoms with Gasteiger partial charge in [-0.25, -0.2) is 0 Å². The third kappa shape index (κ3) is 2.13. The molecule has 0 saturated carbocycles. The van der Waals surface area contributed by atoms with Gasteiger partial charge < -0.3 is 0 Å². The molecule has 0 amide bonds. The maximum Gasteiger partial charge on any atom is 0.150 e. The lowest BCUT2D eigenvalue weighted by atomic mass is 10.0. The molecule has 0 fully saturated rings. The van der Waals surface area contributed by atoms with Crippen molar-refractivity contribution in [2.24, 2.45) is 5.10 Å². The summed E-state index contributed by atoms with van der Waals surface area (Å²) >= 11 is 0. The number of hydrazone groups is 1. The van der Waals surface area contributed by atoms with Crippen molar-refractivity contribution >= 4 is 18.3 Å². The van der Waals surface area contributed by atoms with Crippen molar-refractivity contribution in [2.75, 3.05) is 5.12 Å². The highest BCUT2D eigenvalue weighted by Crippen LogP contribution is 2.29. The van der Waals surface area contributed by atoms with Crippen LogP contribution in [0.3, 0.4) is 0 Å². The third-order valence-corrected chi connectivity index (χ3v) is 2.91. The van der Waals surface area contributed by atoms with E-state index in [1.165, 1.54) is 0 Å². The van der Waals surface area contributed by atoms with Crippen LogP contribution in [0.25, 0.3) is 11.1 Å². The predicted octanol–water partition coefficient (Wildman–Crippen LogP) is 1.94. The number of anilines is 1. The number of hydrogen-bond acceptors (Lipinski definition) is 5. The highest BCUT2D eigenvalue weighted by molar-refractivity contribution is 5.82. The quantitative estimate of drug-likeness (QED) is 0.820. The van der Waals surface area contributed by atoms with Gasteiger partial charge in [0.15, 0.2) is 0 Å². The van der Waals surface area contributed by atoms with Crippen molar-refractivity contribution < 1.29 is 4.79 Å². The van der Waals surface area contributed by atoms with E-state index in [9.17, 15) is 4.79 Å². The van der Waals surface area contributed by atoms with Crippen LogP contribution in [0, 0.1) is 0 Å². The van der Waals surface area contributed by atoms with Crippen LogP contribution in [0.1, 0.15) is 10.4 Å². The molecule has 94 valence electrons. The number of hydrazine groups is 2. The number of benzene rings is 2. The van der Waals surface area contributed by atoms with Crippen molar-refractivity contribution in [2.45, 2.75) is 0 Å². The summed E-state index contributed by atoms with van der Waals surface area (Å²) in [6, 6.07) is 15.4. The van der Waals surface area contributed by atoms with Gasteiger partial charge in [-0.1, -0.05) is 42.5 Å². The van der Waals surface area contributed by atoms with Gasteiger partial charge in [0, 0.05) is 11.1 Å². The number of nitrogens with one attached hydrogen (secondary N) is 2. The Balaban J connectivity index is 2.01. The minimum absolute atomic E-state index is 0.669. The van der Waals surface area contributed by atoms with Gasteiger partial charge in [-0.3, -0.25) is 10.2 Å². The summed E-state index contributed by atoms with van der Waals surface area (Å²) in [5.41, 5.74) is 9.53. The molecule has 0 atom stereocenters. The number of hydrogen-bond donors (Lipinski definition) is 2. The Labute approximate surface area is 110 Å². The second-order valence-electron chi connectivity index (χ2n) is 4.08. The Bertz CT molecular complexity index is 614. The average molecular weight is 252 g/mol. The van der Waals surface area contributed by atoms with Crippen LogP contribution in [0.2, 0.25) is 0 Å². The highest BCUT2D eigenvalue weighted by Gasteiger charge is 2.13. The Morgan fingerprint density at radius 3 is 2.53 bits per heavy atom. The molecule has 2 aromatic carbocycles. The predicted molar refractivity (Wildman–Crippen MR) is 74.5 cm³/mol. The molecular formula is C14H12N4O. The minimum atomic E-state index is 0.669. The molecule has 5 heteroatoms. The lowest BCUT2D eigenvalue weighted by Crippen LogP contribution is -2.39. The van der Waals surface area contributed by atoms with Crippen LogP contribution < -0.4 is 16.1 Å². The summed E-state index contributed by atoms with van der Waals surface area (Å²) in [6.45, 7) is 0. The number of nitrogens with zero attached hydrogens (tertiary/aromatic N) is 2. The van der Waals surface area contributed by atoms with Gasteiger partial charge in [-0.2, -0.15) is 10.7 Å². The molecule has 1 aliphatic rings. The molecule has 0 unspecified atom stereocenters. The summed E-state index contributed by atoms with van der Waals surface area (Å²) in [5, 5.41) is 5.62. The monoisotopic (exact) mass is 252 g/mol. The number of carbonyl (C=O) groups excluding carboxylic acids is 1. The highest BCUT2D eigenvalue weighted by atomic mass is 16.1. The molecule has 5 nitrogen and oxygen atoms in total. The fourth-order valence-corrected chi connectivity index (χ4v) is 1.98. The third-order valence-electron chi connectivity index (χ3n) is 2.91. The summed E-state index contributed by atoms with van der Waals surface area (Å²) in [6.07, 6.45) is 2.42. The normalized spacial score (nSPS) is 12.9. The lowest BCUT2D eigenvalue weighted by molar-refractivity contribution is 0.112. The number of aldehydes is 1. The maximum absolute atomic E-state index is 10.7. The zero-order valence-corrected chi connectivity index (χ0v) is 10.1. The summed E-state index contributed by atoms with van der Waals surface area (Å²) in [4.78, 5) is 10.7. The Kier molecular flexibility index (Phi) is 2.86. The molecule has 0 aromatic heterocycles. The van der Waals surface area contributed by atoms with Crippen molar-refractivity contribution in [1.29, 1.82) is 0 Å². The zero-order chi connectivity index (χ0) is 13.1. The fourth-order valence-electron chi connectivity index (χ4n) is 1.98. The molecule has 0 radical (unpaired) electrons. The van der Waals surface area contributed by atoms with Crippen LogP contribution in [0.15, 0.2) is 53.6 Å². The summed E-state index contributed by atoms with van der Waals surface area (Å²) in [5.74, 6) is 0. The largest absolute Gasteiger partial charge is 0.298 e. The number of carbonyl (C=O) groups is 1. The summed E-state index contributed by atoms with van der Waals surface area (Å²) in [7, 11) is 0. The average Bonchev–Trinajstić information content (AvgIpc) is 3.01. The second kappa shape index (κ2) is 4.81. The van der Waals surface area contributed by atoms with Crippen LogP contribution in [-0.2, 0) is 0 Å². The van der Waals surface area contributed by atoms with E-state index < -0.39 is 0 Å². The van der Waals surface area contributed by atoms with Crippen molar-refractivity contribution in [3.8, 4) is 11.1 Å². The van der Waals surface area contributed by atoms with Crippen LogP contribution >= 0.6 is 0 Å². The van der Waals surface area contributed by atoms with Crippen LogP contribution in [0.4, 0.5) is 5.69 Å². The van der Waals surface area contributed by atoms with Crippen molar-refractivity contribution in [3.05, 3.63) is 54.1 Å². The van der Waals surface area contributed by atoms with Gasteiger partial charge in [0.25, 0.3) is 0 Å². The molecule has 0 bridgehead atoms. The molecule has 1 heterocycles. The summed E-state index contributed by atoms with van der Waals surface area (Å²) < 4.78 is 0. The van der Waals surface area contributed by atoms with E-state index in [-0.39, 0.29) is 0 Å². The van der Waals surface area contributed by atoms with Crippen molar-refractivity contribution in [3.63, 3.8) is 0 Å². The molecule has 2 N–H and O–H groups in total. The number of para-hydroxylation sites is 1. The topological polar surface area (TPSA) is 56.7 Å². The smallest absolute Gasteiger partial charge is 0.150 e. The lowest BCUT2D eigenvalue weighted by Gasteiger charge is -2.20. The minimum Gasteiger partial charge on any atom is -0.298 e. The first-order chi connectivity index (χ1) is 9.38. The van der Waals surface area contributed by atoms with E-state index in [2.05, 4.69) is 16.1 Å².